The van der Waals surface area contributed by atoms with Crippen LogP contribution in [0.25, 0.3) is 0 Å². The lowest BCUT2D eigenvalue weighted by atomic mass is 10.1. The fourth-order valence-corrected chi connectivity index (χ4v) is 2.78. The van der Waals surface area contributed by atoms with E-state index in [2.05, 4.69) is 5.32 Å². The molecule has 1 heterocycles. The number of halogens is 1. The molecule has 0 unspecified atom stereocenters. The lowest BCUT2D eigenvalue weighted by Gasteiger charge is -2.34. The summed E-state index contributed by atoms with van der Waals surface area (Å²) in [6.45, 7) is 4.91. The number of nitrogens with one attached hydrogen (secondary N) is 1. The number of nitro benzene ring substituents is 1. The summed E-state index contributed by atoms with van der Waals surface area (Å²) >= 11 is 6.00. The molecule has 1 fully saturated rings. The van der Waals surface area contributed by atoms with Crippen LogP contribution in [0.15, 0.2) is 18.2 Å². The summed E-state index contributed by atoms with van der Waals surface area (Å²) in [5.41, 5.74) is 0.0998. The Morgan fingerprint density at radius 2 is 1.96 bits per heavy atom. The number of nitrogens with zero attached hydrogens (tertiary/aromatic N) is 3. The van der Waals surface area contributed by atoms with E-state index in [1.165, 1.54) is 18.2 Å². The monoisotopic (exact) mass is 354 g/mol. The molecule has 1 aromatic rings. The number of rotatable bonds is 5. The Kier molecular flexibility index (Phi) is 6.10. The highest BCUT2D eigenvalue weighted by Gasteiger charge is 2.25. The van der Waals surface area contributed by atoms with Gasteiger partial charge in [-0.05, 0) is 13.0 Å². The van der Waals surface area contributed by atoms with Crippen LogP contribution in [-0.2, 0) is 4.79 Å². The number of hydrogen-bond acceptors (Lipinski definition) is 5. The quantitative estimate of drug-likeness (QED) is 0.632. The molecule has 0 saturated carbocycles. The standard InChI is InChI=1S/C15H19ClN4O4/c1-2-17-14(21)10-18-5-7-19(8-6-18)15(22)12-4-3-11(20(23)24)9-13(12)16/h3-4,9H,2,5-8,10H2,1H3,(H,17,21). The lowest BCUT2D eigenvalue weighted by Crippen LogP contribution is -2.51. The average Bonchev–Trinajstić information content (AvgIpc) is 2.55. The van der Waals surface area contributed by atoms with E-state index < -0.39 is 4.92 Å². The van der Waals surface area contributed by atoms with Gasteiger partial charge < -0.3 is 10.2 Å². The predicted molar refractivity (Wildman–Crippen MR) is 89.1 cm³/mol. The first kappa shape index (κ1) is 18.2. The number of hydrogen-bond donors (Lipinski definition) is 1. The Labute approximate surface area is 144 Å². The van der Waals surface area contributed by atoms with Gasteiger partial charge in [0.05, 0.1) is 22.1 Å². The topological polar surface area (TPSA) is 95.8 Å². The van der Waals surface area contributed by atoms with Crippen LogP contribution in [-0.4, -0.2) is 65.8 Å². The second-order valence-electron chi connectivity index (χ2n) is 5.44. The second kappa shape index (κ2) is 8.07. The number of carbonyl (C=O) groups is 2. The fourth-order valence-electron chi connectivity index (χ4n) is 2.53. The average molecular weight is 355 g/mol. The summed E-state index contributed by atoms with van der Waals surface area (Å²) in [6.07, 6.45) is 0. The largest absolute Gasteiger partial charge is 0.355 e. The number of amides is 2. The summed E-state index contributed by atoms with van der Waals surface area (Å²) in [5, 5.41) is 13.5. The fraction of sp³-hybridized carbons (Fsp3) is 0.467. The number of benzene rings is 1. The van der Waals surface area contributed by atoms with Gasteiger partial charge in [0.25, 0.3) is 11.6 Å². The molecular weight excluding hydrogens is 336 g/mol. The van der Waals surface area contributed by atoms with Crippen molar-refractivity contribution >= 4 is 29.1 Å². The molecule has 8 nitrogen and oxygen atoms in total. The van der Waals surface area contributed by atoms with Crippen molar-refractivity contribution < 1.29 is 14.5 Å². The molecule has 0 radical (unpaired) electrons. The first-order chi connectivity index (χ1) is 11.4. The van der Waals surface area contributed by atoms with Gasteiger partial charge in [-0.25, -0.2) is 0 Å². The molecule has 2 rings (SSSR count). The van der Waals surface area contributed by atoms with Crippen molar-refractivity contribution in [2.24, 2.45) is 0 Å². The van der Waals surface area contributed by atoms with Crippen molar-refractivity contribution in [3.63, 3.8) is 0 Å². The van der Waals surface area contributed by atoms with Gasteiger partial charge >= 0.3 is 0 Å². The molecule has 0 atom stereocenters. The van der Waals surface area contributed by atoms with Gasteiger partial charge in [-0.3, -0.25) is 24.6 Å². The van der Waals surface area contributed by atoms with Crippen molar-refractivity contribution in [1.82, 2.24) is 15.1 Å². The van der Waals surface area contributed by atoms with E-state index in [1.54, 1.807) is 4.90 Å². The van der Waals surface area contributed by atoms with Crippen LogP contribution < -0.4 is 5.32 Å². The van der Waals surface area contributed by atoms with Gasteiger partial charge in [-0.1, -0.05) is 11.6 Å². The SMILES string of the molecule is CCNC(=O)CN1CCN(C(=O)c2ccc([N+](=O)[O-])cc2Cl)CC1. The number of nitro groups is 1. The summed E-state index contributed by atoms with van der Waals surface area (Å²) in [4.78, 5) is 37.9. The van der Waals surface area contributed by atoms with E-state index in [9.17, 15) is 19.7 Å². The van der Waals surface area contributed by atoms with Crippen molar-refractivity contribution in [3.05, 3.63) is 38.9 Å². The zero-order valence-electron chi connectivity index (χ0n) is 13.3. The normalized spacial score (nSPS) is 15.2. The number of piperazine rings is 1. The maximum absolute atomic E-state index is 12.5. The molecule has 130 valence electrons. The minimum atomic E-state index is -0.555. The Balaban J connectivity index is 1.95. The third kappa shape index (κ3) is 4.42. The van der Waals surface area contributed by atoms with Crippen LogP contribution in [0.3, 0.4) is 0 Å². The highest BCUT2D eigenvalue weighted by molar-refractivity contribution is 6.34. The maximum Gasteiger partial charge on any atom is 0.270 e. The molecule has 1 aromatic carbocycles. The number of carbonyl (C=O) groups excluding carboxylic acids is 2. The molecule has 1 saturated heterocycles. The summed E-state index contributed by atoms with van der Waals surface area (Å²) in [6, 6.07) is 3.83. The molecule has 0 aliphatic carbocycles. The van der Waals surface area contributed by atoms with Crippen molar-refractivity contribution in [1.29, 1.82) is 0 Å². The molecule has 1 aliphatic heterocycles. The molecule has 24 heavy (non-hydrogen) atoms. The molecule has 1 aliphatic rings. The third-order valence-corrected chi connectivity index (χ3v) is 4.11. The highest BCUT2D eigenvalue weighted by Crippen LogP contribution is 2.24. The van der Waals surface area contributed by atoms with Gasteiger partial charge in [0.2, 0.25) is 5.91 Å². The minimum absolute atomic E-state index is 0.0318. The van der Waals surface area contributed by atoms with Crippen LogP contribution in [0.1, 0.15) is 17.3 Å². The molecular formula is C15H19ClN4O4. The van der Waals surface area contributed by atoms with E-state index in [0.717, 1.165) is 0 Å². The Morgan fingerprint density at radius 3 is 2.50 bits per heavy atom. The van der Waals surface area contributed by atoms with Crippen molar-refractivity contribution in [2.75, 3.05) is 39.3 Å². The third-order valence-electron chi connectivity index (χ3n) is 3.79. The van der Waals surface area contributed by atoms with Crippen molar-refractivity contribution in [2.45, 2.75) is 6.92 Å². The number of likely N-dealkylation sites (N-methyl/N-ethyl adjacent to an activating group) is 1. The Bertz CT molecular complexity index is 644. The second-order valence-corrected chi connectivity index (χ2v) is 5.85. The van der Waals surface area contributed by atoms with E-state index in [-0.39, 0.29) is 28.1 Å². The summed E-state index contributed by atoms with van der Waals surface area (Å²) in [7, 11) is 0. The van der Waals surface area contributed by atoms with Crippen LogP contribution >= 0.6 is 11.6 Å². The van der Waals surface area contributed by atoms with E-state index in [4.69, 9.17) is 11.6 Å². The van der Waals surface area contributed by atoms with Gasteiger partial charge in [-0.2, -0.15) is 0 Å². The smallest absolute Gasteiger partial charge is 0.270 e. The Morgan fingerprint density at radius 1 is 1.29 bits per heavy atom. The van der Waals surface area contributed by atoms with E-state index >= 15 is 0 Å². The molecule has 2 amide bonds. The number of non-ortho nitro benzene ring substituents is 1. The molecule has 0 aromatic heterocycles. The highest BCUT2D eigenvalue weighted by atomic mass is 35.5. The molecule has 0 bridgehead atoms. The van der Waals surface area contributed by atoms with Crippen LogP contribution in [0, 0.1) is 10.1 Å². The first-order valence-electron chi connectivity index (χ1n) is 7.64. The molecule has 9 heteroatoms. The summed E-state index contributed by atoms with van der Waals surface area (Å²) in [5.74, 6) is -0.289. The first-order valence-corrected chi connectivity index (χ1v) is 8.02. The molecule has 1 N–H and O–H groups in total. The van der Waals surface area contributed by atoms with Crippen LogP contribution in [0.2, 0.25) is 5.02 Å². The van der Waals surface area contributed by atoms with Crippen LogP contribution in [0.4, 0.5) is 5.69 Å². The van der Waals surface area contributed by atoms with Gasteiger partial charge in [0, 0.05) is 44.9 Å². The lowest BCUT2D eigenvalue weighted by molar-refractivity contribution is -0.384. The zero-order chi connectivity index (χ0) is 17.7. The van der Waals surface area contributed by atoms with Gasteiger partial charge in [0.15, 0.2) is 0 Å². The minimum Gasteiger partial charge on any atom is -0.355 e. The van der Waals surface area contributed by atoms with E-state index in [0.29, 0.717) is 39.3 Å². The van der Waals surface area contributed by atoms with Crippen molar-refractivity contribution in [3.8, 4) is 0 Å². The van der Waals surface area contributed by atoms with Crippen LogP contribution in [0.5, 0.6) is 0 Å². The predicted octanol–water partition coefficient (Wildman–Crippen LogP) is 1.14. The summed E-state index contributed by atoms with van der Waals surface area (Å²) < 4.78 is 0. The van der Waals surface area contributed by atoms with Gasteiger partial charge in [-0.15, -0.1) is 0 Å². The van der Waals surface area contributed by atoms with E-state index in [1.807, 2.05) is 11.8 Å². The van der Waals surface area contributed by atoms with Gasteiger partial charge in [0.1, 0.15) is 0 Å². The maximum atomic E-state index is 12.5. The molecule has 0 spiro atoms. The Hall–Kier alpha value is -2.19. The zero-order valence-corrected chi connectivity index (χ0v) is 14.1.